The van der Waals surface area contributed by atoms with Gasteiger partial charge in [0.05, 0.1) is 11.3 Å². The Kier molecular flexibility index (Phi) is 3.43. The zero-order valence-corrected chi connectivity index (χ0v) is 10.7. The van der Waals surface area contributed by atoms with E-state index in [-0.39, 0.29) is 0 Å². The van der Waals surface area contributed by atoms with Crippen LogP contribution in [0.25, 0.3) is 0 Å². The number of pyridine rings is 1. The number of nitrogens with two attached hydrogens (primary N) is 1. The second-order valence-electron chi connectivity index (χ2n) is 4.37. The zero-order chi connectivity index (χ0) is 12.3. The Hall–Kier alpha value is -1.41. The lowest BCUT2D eigenvalue weighted by atomic mass is 9.84. The van der Waals surface area contributed by atoms with Gasteiger partial charge in [-0.1, -0.05) is 6.42 Å². The van der Waals surface area contributed by atoms with E-state index in [1.165, 1.54) is 19.3 Å². The maximum atomic E-state index is 8.73. The van der Waals surface area contributed by atoms with E-state index in [0.717, 1.165) is 6.54 Å². The quantitative estimate of drug-likeness (QED) is 0.854. The first kappa shape index (κ1) is 12.1. The first-order valence-corrected chi connectivity index (χ1v) is 6.86. The van der Waals surface area contributed by atoms with E-state index in [9.17, 15) is 0 Å². The number of nitrogens with one attached hydrogen (secondary N) is 1. The average Bonchev–Trinajstić information content (AvgIpc) is 2.30. The van der Waals surface area contributed by atoms with Crippen LogP contribution in [-0.2, 0) is 0 Å². The molecule has 0 aliphatic heterocycles. The van der Waals surface area contributed by atoms with Gasteiger partial charge in [0.1, 0.15) is 11.9 Å². The molecule has 3 N–H and O–H groups in total. The molecule has 17 heavy (non-hydrogen) atoms. The molecule has 0 atom stereocenters. The third-order valence-electron chi connectivity index (χ3n) is 3.32. The number of hydrogen-bond donors (Lipinski definition) is 2. The summed E-state index contributed by atoms with van der Waals surface area (Å²) in [6.07, 6.45) is 7.50. The molecule has 90 valence electrons. The summed E-state index contributed by atoms with van der Waals surface area (Å²) in [5.74, 6) is 0.685. The Morgan fingerprint density at radius 3 is 2.88 bits per heavy atom. The number of nitrogens with zero attached hydrogens (tertiary/aromatic N) is 2. The monoisotopic (exact) mass is 248 g/mol. The Bertz CT molecular complexity index is 443. The van der Waals surface area contributed by atoms with Crippen LogP contribution >= 0.6 is 11.8 Å². The van der Waals surface area contributed by atoms with Gasteiger partial charge in [-0.3, -0.25) is 0 Å². The molecule has 1 aromatic heterocycles. The van der Waals surface area contributed by atoms with Crippen LogP contribution in [-0.4, -0.2) is 22.5 Å². The smallest absolute Gasteiger partial charge is 0.149 e. The topological polar surface area (TPSA) is 74.7 Å². The van der Waals surface area contributed by atoms with Crippen molar-refractivity contribution in [2.45, 2.75) is 24.0 Å². The molecule has 0 spiro atoms. The summed E-state index contributed by atoms with van der Waals surface area (Å²) in [6, 6.07) is 3.68. The zero-order valence-electron chi connectivity index (χ0n) is 9.86. The second kappa shape index (κ2) is 4.84. The highest BCUT2D eigenvalue weighted by Crippen LogP contribution is 2.42. The average molecular weight is 248 g/mol. The molecule has 4 nitrogen and oxygen atoms in total. The highest BCUT2D eigenvalue weighted by Gasteiger charge is 2.35. The highest BCUT2D eigenvalue weighted by molar-refractivity contribution is 8.00. The van der Waals surface area contributed by atoms with Crippen LogP contribution in [0.4, 0.5) is 11.5 Å². The normalized spacial score (nSPS) is 16.9. The fourth-order valence-corrected chi connectivity index (χ4v) is 2.87. The van der Waals surface area contributed by atoms with Gasteiger partial charge >= 0.3 is 0 Å². The molecule has 1 saturated carbocycles. The summed E-state index contributed by atoms with van der Waals surface area (Å²) in [4.78, 5) is 4.18. The molecule has 5 heteroatoms. The van der Waals surface area contributed by atoms with Gasteiger partial charge in [-0.15, -0.1) is 0 Å². The minimum Gasteiger partial charge on any atom is -0.396 e. The molecule has 0 aromatic carbocycles. The third-order valence-corrected chi connectivity index (χ3v) is 4.74. The summed E-state index contributed by atoms with van der Waals surface area (Å²) in [5.41, 5.74) is 6.88. The van der Waals surface area contributed by atoms with Gasteiger partial charge in [0.2, 0.25) is 0 Å². The number of nitriles is 1. The van der Waals surface area contributed by atoms with Crippen LogP contribution in [0.1, 0.15) is 24.8 Å². The van der Waals surface area contributed by atoms with Gasteiger partial charge in [0.25, 0.3) is 0 Å². The van der Waals surface area contributed by atoms with Crippen molar-refractivity contribution in [2.24, 2.45) is 0 Å². The van der Waals surface area contributed by atoms with Crippen LogP contribution < -0.4 is 11.1 Å². The lowest BCUT2D eigenvalue weighted by Gasteiger charge is -2.40. The minimum absolute atomic E-state index is 0.349. The van der Waals surface area contributed by atoms with Crippen molar-refractivity contribution in [2.75, 3.05) is 23.9 Å². The maximum absolute atomic E-state index is 8.73. The fraction of sp³-hybridized carbons (Fsp3) is 0.500. The first-order chi connectivity index (χ1) is 8.19. The fourth-order valence-electron chi connectivity index (χ4n) is 1.96. The molecular weight excluding hydrogens is 232 g/mol. The van der Waals surface area contributed by atoms with E-state index in [1.807, 2.05) is 17.8 Å². The van der Waals surface area contributed by atoms with Crippen molar-refractivity contribution in [3.63, 3.8) is 0 Å². The van der Waals surface area contributed by atoms with Gasteiger partial charge in [0.15, 0.2) is 0 Å². The SMILES string of the molecule is CSC1(CNc2ncc(C#N)cc2N)CCC1. The van der Waals surface area contributed by atoms with Crippen LogP contribution in [0.3, 0.4) is 0 Å². The first-order valence-electron chi connectivity index (χ1n) is 5.64. The van der Waals surface area contributed by atoms with Gasteiger partial charge < -0.3 is 11.1 Å². The Labute approximate surface area is 106 Å². The summed E-state index contributed by atoms with van der Waals surface area (Å²) in [7, 11) is 0. The Morgan fingerprint density at radius 1 is 1.65 bits per heavy atom. The summed E-state index contributed by atoms with van der Waals surface area (Å²) >= 11 is 1.91. The van der Waals surface area contributed by atoms with Gasteiger partial charge in [-0.05, 0) is 25.2 Å². The van der Waals surface area contributed by atoms with Crippen molar-refractivity contribution >= 4 is 23.3 Å². The van der Waals surface area contributed by atoms with Crippen LogP contribution in [0.15, 0.2) is 12.3 Å². The molecule has 1 aliphatic rings. The predicted molar refractivity (Wildman–Crippen MR) is 72.0 cm³/mol. The minimum atomic E-state index is 0.349. The van der Waals surface area contributed by atoms with E-state index in [1.54, 1.807) is 12.3 Å². The number of nitrogen functional groups attached to an aromatic ring is 1. The molecule has 1 heterocycles. The molecule has 0 bridgehead atoms. The molecule has 1 aromatic rings. The molecule has 2 rings (SSSR count). The lowest BCUT2D eigenvalue weighted by molar-refractivity contribution is 0.379. The molecule has 0 amide bonds. The Morgan fingerprint density at radius 2 is 2.41 bits per heavy atom. The number of rotatable bonds is 4. The Balaban J connectivity index is 2.02. The van der Waals surface area contributed by atoms with Gasteiger partial charge in [-0.2, -0.15) is 17.0 Å². The number of anilines is 2. The summed E-state index contributed by atoms with van der Waals surface area (Å²) in [6.45, 7) is 0.886. The molecule has 0 saturated heterocycles. The number of aromatic nitrogens is 1. The van der Waals surface area contributed by atoms with Crippen molar-refractivity contribution < 1.29 is 0 Å². The van der Waals surface area contributed by atoms with Gasteiger partial charge in [-0.25, -0.2) is 4.98 Å². The lowest BCUT2D eigenvalue weighted by Crippen LogP contribution is -2.40. The summed E-state index contributed by atoms with van der Waals surface area (Å²) < 4.78 is 0.349. The molecule has 0 unspecified atom stereocenters. The van der Waals surface area contributed by atoms with Crippen molar-refractivity contribution in [3.8, 4) is 6.07 Å². The van der Waals surface area contributed by atoms with E-state index in [2.05, 4.69) is 16.6 Å². The highest BCUT2D eigenvalue weighted by atomic mass is 32.2. The third kappa shape index (κ3) is 2.47. The summed E-state index contributed by atoms with van der Waals surface area (Å²) in [5, 5.41) is 12.0. The molecule has 1 fully saturated rings. The van der Waals surface area contributed by atoms with E-state index >= 15 is 0 Å². The molecule has 1 aliphatic carbocycles. The number of thioether (sulfide) groups is 1. The predicted octanol–water partition coefficient (Wildman–Crippen LogP) is 2.23. The van der Waals surface area contributed by atoms with E-state index in [0.29, 0.717) is 21.8 Å². The standard InChI is InChI=1S/C12H16N4S/c1-17-12(3-2-4-12)8-16-11-10(14)5-9(6-13)7-15-11/h5,7H,2-4,8,14H2,1H3,(H,15,16). The van der Waals surface area contributed by atoms with E-state index < -0.39 is 0 Å². The second-order valence-corrected chi connectivity index (χ2v) is 5.64. The van der Waals surface area contributed by atoms with Gasteiger partial charge in [0, 0.05) is 17.5 Å². The van der Waals surface area contributed by atoms with Crippen LogP contribution in [0.5, 0.6) is 0 Å². The van der Waals surface area contributed by atoms with Crippen molar-refractivity contribution in [3.05, 3.63) is 17.8 Å². The number of hydrogen-bond acceptors (Lipinski definition) is 5. The molecular formula is C12H16N4S. The van der Waals surface area contributed by atoms with Crippen molar-refractivity contribution in [1.29, 1.82) is 5.26 Å². The largest absolute Gasteiger partial charge is 0.396 e. The maximum Gasteiger partial charge on any atom is 0.149 e. The molecule has 0 radical (unpaired) electrons. The van der Waals surface area contributed by atoms with Crippen molar-refractivity contribution in [1.82, 2.24) is 4.98 Å². The van der Waals surface area contributed by atoms with Crippen LogP contribution in [0.2, 0.25) is 0 Å². The van der Waals surface area contributed by atoms with E-state index in [4.69, 9.17) is 11.0 Å². The van der Waals surface area contributed by atoms with Crippen LogP contribution in [0, 0.1) is 11.3 Å².